The van der Waals surface area contributed by atoms with Crippen molar-refractivity contribution >= 4 is 23.8 Å². The Kier molecular flexibility index (Phi) is 5.19. The van der Waals surface area contributed by atoms with Gasteiger partial charge in [-0.15, -0.1) is 5.73 Å². The summed E-state index contributed by atoms with van der Waals surface area (Å²) in [6.07, 6.45) is 6.42. The normalized spacial score (nSPS) is 11.3. The third-order valence-corrected chi connectivity index (χ3v) is 5.35. The predicted octanol–water partition coefficient (Wildman–Crippen LogP) is 7.31. The molecule has 4 aromatic rings. The fourth-order valence-corrected chi connectivity index (χ4v) is 3.77. The van der Waals surface area contributed by atoms with Crippen molar-refractivity contribution in [3.05, 3.63) is 148 Å². The van der Waals surface area contributed by atoms with Crippen molar-refractivity contribution in [2.45, 2.75) is 0 Å². The van der Waals surface area contributed by atoms with Crippen LogP contribution in [0.15, 0.2) is 109 Å². The summed E-state index contributed by atoms with van der Waals surface area (Å²) >= 11 is 0. The molecule has 0 heteroatoms. The van der Waals surface area contributed by atoms with E-state index in [1.807, 2.05) is 42.5 Å². The number of benzene rings is 4. The summed E-state index contributed by atoms with van der Waals surface area (Å²) in [5, 5.41) is 0. The average molecular weight is 393 g/mol. The molecule has 0 heterocycles. The van der Waals surface area contributed by atoms with E-state index in [1.165, 1.54) is 22.3 Å². The molecule has 0 saturated carbocycles. The Morgan fingerprint density at radius 3 is 1.81 bits per heavy atom. The van der Waals surface area contributed by atoms with E-state index in [-0.39, 0.29) is 0 Å². The lowest BCUT2D eigenvalue weighted by Crippen LogP contribution is -1.90. The largest absolute Gasteiger partial charge is 0.111 e. The van der Waals surface area contributed by atoms with E-state index in [0.29, 0.717) is 0 Å². The fraction of sp³-hybridized carbons (Fsp3) is 0. The molecule has 0 saturated heterocycles. The van der Waals surface area contributed by atoms with Crippen LogP contribution in [0.4, 0.5) is 0 Å². The minimum absolute atomic E-state index is 0.993. The van der Waals surface area contributed by atoms with Gasteiger partial charge in [-0.2, -0.15) is 0 Å². The van der Waals surface area contributed by atoms with Crippen LogP contribution in [0.2, 0.25) is 0 Å². The molecule has 1 aliphatic carbocycles. The van der Waals surface area contributed by atoms with Crippen molar-refractivity contribution in [1.82, 2.24) is 0 Å². The third-order valence-electron chi connectivity index (χ3n) is 5.35. The fourth-order valence-electron chi connectivity index (χ4n) is 3.77. The molecule has 0 aliphatic heterocycles. The molecule has 0 amide bonds. The van der Waals surface area contributed by atoms with Crippen molar-refractivity contribution in [2.24, 2.45) is 0 Å². The van der Waals surface area contributed by atoms with E-state index in [2.05, 4.69) is 96.5 Å². The van der Waals surface area contributed by atoms with E-state index in [1.54, 1.807) is 0 Å². The van der Waals surface area contributed by atoms with Gasteiger partial charge in [-0.3, -0.25) is 0 Å². The highest BCUT2D eigenvalue weighted by atomic mass is 14.2. The average Bonchev–Trinajstić information content (AvgIpc) is 2.99. The first-order valence-electron chi connectivity index (χ1n) is 10.4. The summed E-state index contributed by atoms with van der Waals surface area (Å²) in [4.78, 5) is 0. The molecule has 0 radical (unpaired) electrons. The minimum atomic E-state index is 0.993. The second-order valence-corrected chi connectivity index (χ2v) is 7.37. The summed E-state index contributed by atoms with van der Waals surface area (Å²) in [5.74, 6) is 6.59. The standard InChI is InChI=1S/C31H20/c1-2-10-24(11-3-1)18-19-25-12-4-5-13-26(25)22-23-31-29-16-8-6-14-27(29)20-21-28-15-7-9-17-30(28)31/h1-17,20-22H. The van der Waals surface area contributed by atoms with Crippen molar-refractivity contribution in [2.75, 3.05) is 0 Å². The van der Waals surface area contributed by atoms with Crippen LogP contribution in [-0.2, 0) is 0 Å². The van der Waals surface area contributed by atoms with Crippen molar-refractivity contribution in [3.8, 4) is 11.8 Å². The monoisotopic (exact) mass is 392 g/mol. The maximum Gasteiger partial charge on any atom is 0.0327 e. The molecular weight excluding hydrogens is 372 g/mol. The van der Waals surface area contributed by atoms with Crippen LogP contribution in [0.25, 0.3) is 23.8 Å². The minimum Gasteiger partial charge on any atom is -0.111 e. The Labute approximate surface area is 183 Å². The first-order chi connectivity index (χ1) is 15.4. The summed E-state index contributed by atoms with van der Waals surface area (Å²) in [7, 11) is 0. The van der Waals surface area contributed by atoms with E-state index in [0.717, 1.165) is 22.3 Å². The number of hydrogen-bond donors (Lipinski definition) is 0. The van der Waals surface area contributed by atoms with Crippen LogP contribution in [0, 0.1) is 11.8 Å². The summed E-state index contributed by atoms with van der Waals surface area (Å²) < 4.78 is 0. The van der Waals surface area contributed by atoms with E-state index < -0.39 is 0 Å². The van der Waals surface area contributed by atoms with E-state index in [9.17, 15) is 0 Å². The molecule has 144 valence electrons. The van der Waals surface area contributed by atoms with Gasteiger partial charge in [0.05, 0.1) is 0 Å². The topological polar surface area (TPSA) is 0 Å². The van der Waals surface area contributed by atoms with Gasteiger partial charge < -0.3 is 0 Å². The van der Waals surface area contributed by atoms with Gasteiger partial charge in [-0.1, -0.05) is 109 Å². The molecule has 1 aliphatic rings. The molecule has 31 heavy (non-hydrogen) atoms. The van der Waals surface area contributed by atoms with Gasteiger partial charge in [0.2, 0.25) is 0 Å². The van der Waals surface area contributed by atoms with Crippen LogP contribution in [0.3, 0.4) is 0 Å². The Balaban J connectivity index is 1.65. The smallest absolute Gasteiger partial charge is 0.0327 e. The van der Waals surface area contributed by atoms with Gasteiger partial charge >= 0.3 is 0 Å². The molecule has 0 atom stereocenters. The lowest BCUT2D eigenvalue weighted by molar-refractivity contribution is 1.53. The molecule has 4 aromatic carbocycles. The van der Waals surface area contributed by atoms with E-state index in [4.69, 9.17) is 0 Å². The molecule has 0 nitrogen and oxygen atoms in total. The highest BCUT2D eigenvalue weighted by Gasteiger charge is 2.13. The number of fused-ring (bicyclic) bond motifs is 2. The van der Waals surface area contributed by atoms with E-state index >= 15 is 0 Å². The molecule has 0 spiro atoms. The second-order valence-electron chi connectivity index (χ2n) is 7.37. The summed E-state index contributed by atoms with van der Waals surface area (Å²) in [6, 6.07) is 35.3. The number of hydrogen-bond acceptors (Lipinski definition) is 0. The first kappa shape index (κ1) is 18.7. The van der Waals surface area contributed by atoms with Gasteiger partial charge in [0.25, 0.3) is 0 Å². The quantitative estimate of drug-likeness (QED) is 0.207. The zero-order valence-electron chi connectivity index (χ0n) is 17.0. The third kappa shape index (κ3) is 4.05. The molecule has 0 aromatic heterocycles. The highest BCUT2D eigenvalue weighted by molar-refractivity contribution is 5.94. The maximum absolute atomic E-state index is 3.61. The Bertz CT molecular complexity index is 1350. The van der Waals surface area contributed by atoms with Crippen molar-refractivity contribution in [1.29, 1.82) is 0 Å². The zero-order chi connectivity index (χ0) is 20.9. The van der Waals surface area contributed by atoms with Crippen LogP contribution in [0.5, 0.6) is 0 Å². The van der Waals surface area contributed by atoms with Crippen LogP contribution in [0.1, 0.15) is 38.9 Å². The second kappa shape index (κ2) is 8.60. The molecule has 0 unspecified atom stereocenters. The Morgan fingerprint density at radius 2 is 1.10 bits per heavy atom. The summed E-state index contributed by atoms with van der Waals surface area (Å²) in [6.45, 7) is 0. The Morgan fingerprint density at radius 1 is 0.516 bits per heavy atom. The van der Waals surface area contributed by atoms with Crippen molar-refractivity contribution < 1.29 is 0 Å². The summed E-state index contributed by atoms with van der Waals surface area (Å²) in [5.41, 5.74) is 12.6. The SMILES string of the molecule is C(=Cc1ccccc1C#Cc1ccccc1)=C1c2ccccc2C=Cc2ccccc21. The van der Waals surface area contributed by atoms with Gasteiger partial charge in [-0.25, -0.2) is 0 Å². The van der Waals surface area contributed by atoms with Gasteiger partial charge in [0.1, 0.15) is 0 Å². The molecule has 0 fully saturated rings. The Hall–Kier alpha value is -4.30. The predicted molar refractivity (Wildman–Crippen MR) is 131 cm³/mol. The number of rotatable bonds is 1. The van der Waals surface area contributed by atoms with Crippen LogP contribution < -0.4 is 0 Å². The zero-order valence-corrected chi connectivity index (χ0v) is 17.0. The van der Waals surface area contributed by atoms with Gasteiger partial charge in [0, 0.05) is 16.7 Å². The molecule has 0 bridgehead atoms. The molecular formula is C31H20. The van der Waals surface area contributed by atoms with Gasteiger partial charge in [0.15, 0.2) is 0 Å². The highest BCUT2D eigenvalue weighted by Crippen LogP contribution is 2.33. The molecule has 0 N–H and O–H groups in total. The lowest BCUT2D eigenvalue weighted by atomic mass is 9.94. The molecule has 5 rings (SSSR count). The van der Waals surface area contributed by atoms with Crippen LogP contribution >= 0.6 is 0 Å². The first-order valence-corrected chi connectivity index (χ1v) is 10.4. The maximum atomic E-state index is 3.61. The van der Waals surface area contributed by atoms with Crippen LogP contribution in [-0.4, -0.2) is 0 Å². The van der Waals surface area contributed by atoms with Gasteiger partial charge in [-0.05, 0) is 52.1 Å². The lowest BCUT2D eigenvalue weighted by Gasteiger charge is -2.09. The van der Waals surface area contributed by atoms with Crippen molar-refractivity contribution in [3.63, 3.8) is 0 Å².